The van der Waals surface area contributed by atoms with Crippen LogP contribution >= 0.6 is 0 Å². The van der Waals surface area contributed by atoms with Gasteiger partial charge >= 0.3 is 5.97 Å². The Morgan fingerprint density at radius 3 is 2.71 bits per heavy atom. The van der Waals surface area contributed by atoms with Gasteiger partial charge in [0.2, 0.25) is 5.76 Å². The van der Waals surface area contributed by atoms with Crippen LogP contribution in [-0.4, -0.2) is 24.6 Å². The number of furan rings is 1. The lowest BCUT2D eigenvalue weighted by Crippen LogP contribution is -2.30. The van der Waals surface area contributed by atoms with Crippen LogP contribution in [0.25, 0.3) is 11.0 Å². The molecule has 1 amide bonds. The van der Waals surface area contributed by atoms with Crippen LogP contribution in [-0.2, 0) is 20.9 Å². The molecule has 0 aliphatic heterocycles. The second-order valence-corrected chi connectivity index (χ2v) is 6.09. The molecule has 0 fully saturated rings. The highest BCUT2D eigenvalue weighted by atomic mass is 19.1. The highest BCUT2D eigenvalue weighted by Crippen LogP contribution is 2.27. The standard InChI is InChI=1S/C21H20FNO5/c1-3-26-12-17-16-9-4-5-10-18(16)28-19(17)21(25)27-13(2)20(24)23-15-8-6-7-14(22)11-15/h4-11,13H,3,12H2,1-2H3,(H,23,24)/t13-/m1/s1. The van der Waals surface area contributed by atoms with Gasteiger partial charge in [0.05, 0.1) is 6.61 Å². The van der Waals surface area contributed by atoms with Crippen LogP contribution < -0.4 is 5.32 Å². The molecule has 1 aromatic heterocycles. The zero-order valence-electron chi connectivity index (χ0n) is 15.5. The van der Waals surface area contributed by atoms with Crippen molar-refractivity contribution in [3.05, 3.63) is 65.7 Å². The molecular formula is C21H20FNO5. The zero-order valence-corrected chi connectivity index (χ0v) is 15.5. The second-order valence-electron chi connectivity index (χ2n) is 6.09. The van der Waals surface area contributed by atoms with Crippen molar-refractivity contribution in [1.29, 1.82) is 0 Å². The Morgan fingerprint density at radius 2 is 1.96 bits per heavy atom. The first-order chi connectivity index (χ1) is 13.5. The van der Waals surface area contributed by atoms with Crippen LogP contribution in [0, 0.1) is 5.82 Å². The van der Waals surface area contributed by atoms with E-state index in [1.807, 2.05) is 19.1 Å². The maximum atomic E-state index is 13.2. The Hall–Kier alpha value is -3.19. The number of amides is 1. The van der Waals surface area contributed by atoms with Gasteiger partial charge in [0.15, 0.2) is 6.10 Å². The van der Waals surface area contributed by atoms with Crippen molar-refractivity contribution in [2.24, 2.45) is 0 Å². The number of anilines is 1. The number of hydrogen-bond donors (Lipinski definition) is 1. The molecule has 0 aliphatic carbocycles. The number of benzene rings is 2. The molecule has 0 radical (unpaired) electrons. The topological polar surface area (TPSA) is 77.8 Å². The lowest BCUT2D eigenvalue weighted by atomic mass is 10.1. The molecule has 0 saturated carbocycles. The molecule has 146 valence electrons. The van der Waals surface area contributed by atoms with E-state index in [-0.39, 0.29) is 18.1 Å². The van der Waals surface area contributed by atoms with E-state index in [0.717, 1.165) is 5.39 Å². The number of esters is 1. The van der Waals surface area contributed by atoms with Crippen LogP contribution in [0.5, 0.6) is 0 Å². The summed E-state index contributed by atoms with van der Waals surface area (Å²) in [6, 6.07) is 12.6. The Kier molecular flexibility index (Phi) is 6.06. The van der Waals surface area contributed by atoms with E-state index in [1.54, 1.807) is 12.1 Å². The summed E-state index contributed by atoms with van der Waals surface area (Å²) < 4.78 is 29.6. The van der Waals surface area contributed by atoms with E-state index in [0.29, 0.717) is 17.8 Å². The minimum absolute atomic E-state index is 0.0000514. The first-order valence-corrected chi connectivity index (χ1v) is 8.85. The number of carbonyl (C=O) groups excluding carboxylic acids is 2. The van der Waals surface area contributed by atoms with E-state index in [1.165, 1.54) is 31.2 Å². The van der Waals surface area contributed by atoms with Gasteiger partial charge in [-0.05, 0) is 38.1 Å². The molecule has 3 rings (SSSR count). The van der Waals surface area contributed by atoms with Gasteiger partial charge < -0.3 is 19.2 Å². The number of nitrogens with one attached hydrogen (secondary N) is 1. The van der Waals surface area contributed by atoms with Crippen molar-refractivity contribution >= 4 is 28.5 Å². The predicted octanol–water partition coefficient (Wildman–Crippen LogP) is 4.29. The Morgan fingerprint density at radius 1 is 1.18 bits per heavy atom. The number of ether oxygens (including phenoxy) is 2. The van der Waals surface area contributed by atoms with E-state index in [2.05, 4.69) is 5.32 Å². The maximum absolute atomic E-state index is 13.2. The lowest BCUT2D eigenvalue weighted by molar-refractivity contribution is -0.123. The smallest absolute Gasteiger partial charge is 0.375 e. The Bertz CT molecular complexity index is 997. The minimum atomic E-state index is -1.11. The fourth-order valence-corrected chi connectivity index (χ4v) is 2.69. The number of hydrogen-bond acceptors (Lipinski definition) is 5. The Labute approximate surface area is 161 Å². The summed E-state index contributed by atoms with van der Waals surface area (Å²) >= 11 is 0. The highest BCUT2D eigenvalue weighted by molar-refractivity contribution is 5.99. The lowest BCUT2D eigenvalue weighted by Gasteiger charge is -2.13. The molecule has 2 aromatic carbocycles. The molecule has 6 nitrogen and oxygen atoms in total. The summed E-state index contributed by atoms with van der Waals surface area (Å²) in [5, 5.41) is 3.25. The summed E-state index contributed by atoms with van der Waals surface area (Å²) in [5.41, 5.74) is 1.37. The van der Waals surface area contributed by atoms with Crippen molar-refractivity contribution in [3.8, 4) is 0 Å². The van der Waals surface area contributed by atoms with Crippen molar-refractivity contribution < 1.29 is 27.9 Å². The fraction of sp³-hybridized carbons (Fsp3) is 0.238. The normalized spacial score (nSPS) is 12.0. The third kappa shape index (κ3) is 4.37. The van der Waals surface area contributed by atoms with Gasteiger partial charge in [-0.1, -0.05) is 24.3 Å². The monoisotopic (exact) mass is 385 g/mol. The first-order valence-electron chi connectivity index (χ1n) is 8.85. The van der Waals surface area contributed by atoms with Crippen LogP contribution in [0.3, 0.4) is 0 Å². The average molecular weight is 385 g/mol. The number of carbonyl (C=O) groups is 2. The highest BCUT2D eigenvalue weighted by Gasteiger charge is 2.26. The van der Waals surface area contributed by atoms with Gasteiger partial charge in [-0.3, -0.25) is 4.79 Å². The van der Waals surface area contributed by atoms with Crippen molar-refractivity contribution in [3.63, 3.8) is 0 Å². The summed E-state index contributed by atoms with van der Waals surface area (Å²) in [7, 11) is 0. The van der Waals surface area contributed by atoms with Crippen LogP contribution in [0.2, 0.25) is 0 Å². The number of halogens is 1. The van der Waals surface area contributed by atoms with E-state index >= 15 is 0 Å². The average Bonchev–Trinajstić information content (AvgIpc) is 3.05. The zero-order chi connectivity index (χ0) is 20.1. The van der Waals surface area contributed by atoms with Gasteiger partial charge in [-0.25, -0.2) is 9.18 Å². The van der Waals surface area contributed by atoms with Gasteiger partial charge in [-0.15, -0.1) is 0 Å². The molecule has 0 aliphatic rings. The quantitative estimate of drug-likeness (QED) is 0.614. The molecule has 7 heteroatoms. The molecule has 0 saturated heterocycles. The molecule has 28 heavy (non-hydrogen) atoms. The summed E-state index contributed by atoms with van der Waals surface area (Å²) in [6.07, 6.45) is -1.11. The maximum Gasteiger partial charge on any atom is 0.375 e. The number of para-hydroxylation sites is 1. The predicted molar refractivity (Wildman–Crippen MR) is 101 cm³/mol. The van der Waals surface area contributed by atoms with Crippen molar-refractivity contribution in [1.82, 2.24) is 0 Å². The number of rotatable bonds is 7. The molecule has 0 bridgehead atoms. The van der Waals surface area contributed by atoms with Crippen molar-refractivity contribution in [2.45, 2.75) is 26.6 Å². The van der Waals surface area contributed by atoms with Crippen LogP contribution in [0.15, 0.2) is 52.9 Å². The number of fused-ring (bicyclic) bond motifs is 1. The molecule has 3 aromatic rings. The third-order valence-corrected chi connectivity index (χ3v) is 4.08. The van der Waals surface area contributed by atoms with Crippen molar-refractivity contribution in [2.75, 3.05) is 11.9 Å². The molecule has 1 N–H and O–H groups in total. The summed E-state index contributed by atoms with van der Waals surface area (Å²) in [6.45, 7) is 3.93. The molecule has 1 heterocycles. The first kappa shape index (κ1) is 19.6. The molecule has 0 spiro atoms. The summed E-state index contributed by atoms with van der Waals surface area (Å²) in [4.78, 5) is 24.9. The molecule has 0 unspecified atom stereocenters. The van der Waals surface area contributed by atoms with Gasteiger partial charge in [0, 0.05) is 23.2 Å². The van der Waals surface area contributed by atoms with E-state index < -0.39 is 23.8 Å². The van der Waals surface area contributed by atoms with Gasteiger partial charge in [-0.2, -0.15) is 0 Å². The van der Waals surface area contributed by atoms with E-state index in [4.69, 9.17) is 13.9 Å². The largest absolute Gasteiger partial charge is 0.449 e. The molecule has 1 atom stereocenters. The van der Waals surface area contributed by atoms with Gasteiger partial charge in [0.1, 0.15) is 11.4 Å². The van der Waals surface area contributed by atoms with E-state index in [9.17, 15) is 14.0 Å². The van der Waals surface area contributed by atoms with Crippen LogP contribution in [0.1, 0.15) is 30.0 Å². The third-order valence-electron chi connectivity index (χ3n) is 4.08. The minimum Gasteiger partial charge on any atom is -0.449 e. The molecular weight excluding hydrogens is 365 g/mol. The van der Waals surface area contributed by atoms with Crippen LogP contribution in [0.4, 0.5) is 10.1 Å². The van der Waals surface area contributed by atoms with Gasteiger partial charge in [0.25, 0.3) is 5.91 Å². The summed E-state index contributed by atoms with van der Waals surface area (Å²) in [5.74, 6) is -1.83. The fourth-order valence-electron chi connectivity index (χ4n) is 2.69. The Balaban J connectivity index is 1.75. The SMILES string of the molecule is CCOCc1c(C(=O)O[C@H](C)C(=O)Nc2cccc(F)c2)oc2ccccc12. The second kappa shape index (κ2) is 8.67.